The number of nitrogens with zero attached hydrogens (tertiary/aromatic N) is 3. The van der Waals surface area contributed by atoms with Crippen molar-refractivity contribution in [3.8, 4) is 5.75 Å². The monoisotopic (exact) mass is 415 g/mol. The number of hydrazone groups is 1. The molecule has 0 unspecified atom stereocenters. The Bertz CT molecular complexity index is 951. The maximum atomic E-state index is 12.7. The van der Waals surface area contributed by atoms with Crippen molar-refractivity contribution in [1.29, 1.82) is 0 Å². The molecule has 0 bridgehead atoms. The lowest BCUT2D eigenvalue weighted by atomic mass is 10.1. The molecule has 2 aromatic carbocycles. The molecule has 0 spiro atoms. The largest absolute Gasteiger partial charge is 0.490 e. The van der Waals surface area contributed by atoms with Crippen molar-refractivity contribution >= 4 is 45.0 Å². The van der Waals surface area contributed by atoms with Crippen molar-refractivity contribution in [1.82, 2.24) is 0 Å². The van der Waals surface area contributed by atoms with Crippen LogP contribution in [0.5, 0.6) is 5.75 Å². The summed E-state index contributed by atoms with van der Waals surface area (Å²) in [5, 5.41) is 16.8. The van der Waals surface area contributed by atoms with Gasteiger partial charge in [-0.3, -0.25) is 14.9 Å². The van der Waals surface area contributed by atoms with Gasteiger partial charge in [0, 0.05) is 10.5 Å². The molecular weight excluding hydrogens is 402 g/mol. The van der Waals surface area contributed by atoms with Gasteiger partial charge in [-0.05, 0) is 48.9 Å². The van der Waals surface area contributed by atoms with Gasteiger partial charge in [-0.15, -0.1) is 0 Å². The molecule has 0 aliphatic carbocycles. The number of anilines is 1. The summed E-state index contributed by atoms with van der Waals surface area (Å²) in [6.07, 6.45) is 1.59. The van der Waals surface area contributed by atoms with Crippen LogP contribution in [0.1, 0.15) is 12.5 Å². The average molecular weight is 416 g/mol. The summed E-state index contributed by atoms with van der Waals surface area (Å²) in [4.78, 5) is 23.4. The van der Waals surface area contributed by atoms with E-state index < -0.39 is 4.92 Å². The van der Waals surface area contributed by atoms with Gasteiger partial charge in [0.15, 0.2) is 5.75 Å². The molecule has 0 N–H and O–H groups in total. The molecule has 1 aliphatic heterocycles. The number of rotatable bonds is 4. The first-order valence-electron chi connectivity index (χ1n) is 7.60. The first kappa shape index (κ1) is 17.8. The molecule has 0 saturated heterocycles. The zero-order valence-electron chi connectivity index (χ0n) is 14.0. The Morgan fingerprint density at radius 1 is 1.23 bits per heavy atom. The lowest BCUT2D eigenvalue weighted by Gasteiger charge is -2.11. The normalized spacial score (nSPS) is 15.3. The van der Waals surface area contributed by atoms with E-state index in [0.29, 0.717) is 22.5 Å². The third-order valence-electron chi connectivity index (χ3n) is 3.84. The Kier molecular flexibility index (Phi) is 4.85. The number of benzene rings is 2. The van der Waals surface area contributed by atoms with Gasteiger partial charge in [-0.2, -0.15) is 10.1 Å². The fourth-order valence-electron chi connectivity index (χ4n) is 2.55. The van der Waals surface area contributed by atoms with E-state index in [-0.39, 0.29) is 17.3 Å². The standard InChI is InChI=1S/C18H14BrN3O4/c1-11-15(9-12-3-8-17(26-2)16(10-12)22(24)25)18(23)21(20-11)14-6-4-13(19)5-7-14/h3-10H,1-2H3/b15-9-. The highest BCUT2D eigenvalue weighted by atomic mass is 79.9. The molecule has 0 fully saturated rings. The van der Waals surface area contributed by atoms with E-state index in [1.807, 2.05) is 12.1 Å². The first-order chi connectivity index (χ1) is 12.4. The number of hydrogen-bond acceptors (Lipinski definition) is 5. The van der Waals surface area contributed by atoms with E-state index in [9.17, 15) is 14.9 Å². The molecule has 8 heteroatoms. The summed E-state index contributed by atoms with van der Waals surface area (Å²) < 4.78 is 5.89. The molecule has 1 amide bonds. The number of methoxy groups -OCH3 is 1. The zero-order chi connectivity index (χ0) is 18.8. The van der Waals surface area contributed by atoms with Gasteiger partial charge < -0.3 is 4.74 Å². The van der Waals surface area contributed by atoms with Crippen LogP contribution < -0.4 is 9.75 Å². The number of hydrogen-bond donors (Lipinski definition) is 0. The molecule has 3 rings (SSSR count). The SMILES string of the molecule is COc1ccc(/C=C2\C(=O)N(c3ccc(Br)cc3)N=C2C)cc1[N+](=O)[O-]. The second-order valence-corrected chi connectivity index (χ2v) is 6.44. The molecule has 0 atom stereocenters. The predicted octanol–water partition coefficient (Wildman–Crippen LogP) is 4.17. The van der Waals surface area contributed by atoms with E-state index in [4.69, 9.17) is 4.74 Å². The molecule has 0 radical (unpaired) electrons. The third-order valence-corrected chi connectivity index (χ3v) is 4.37. The zero-order valence-corrected chi connectivity index (χ0v) is 15.6. The number of nitro groups is 1. The van der Waals surface area contributed by atoms with Crippen LogP contribution in [-0.4, -0.2) is 23.7 Å². The van der Waals surface area contributed by atoms with Crippen molar-refractivity contribution < 1.29 is 14.5 Å². The van der Waals surface area contributed by atoms with Gasteiger partial charge in [0.05, 0.1) is 29.0 Å². The summed E-state index contributed by atoms with van der Waals surface area (Å²) in [7, 11) is 1.37. The van der Waals surface area contributed by atoms with E-state index in [2.05, 4.69) is 21.0 Å². The maximum Gasteiger partial charge on any atom is 0.311 e. The number of ether oxygens (including phenoxy) is 1. The van der Waals surface area contributed by atoms with Gasteiger partial charge in [0.1, 0.15) is 0 Å². The first-order valence-corrected chi connectivity index (χ1v) is 8.39. The van der Waals surface area contributed by atoms with Gasteiger partial charge in [-0.25, -0.2) is 0 Å². The lowest BCUT2D eigenvalue weighted by Crippen LogP contribution is -2.21. The van der Waals surface area contributed by atoms with Crippen LogP contribution in [0.25, 0.3) is 6.08 Å². The Labute approximate surface area is 157 Å². The molecule has 1 heterocycles. The molecular formula is C18H14BrN3O4. The molecule has 2 aromatic rings. The van der Waals surface area contributed by atoms with E-state index in [0.717, 1.165) is 4.47 Å². The second-order valence-electron chi connectivity index (χ2n) is 5.53. The minimum Gasteiger partial charge on any atom is -0.490 e. The van der Waals surface area contributed by atoms with Crippen LogP contribution in [0.4, 0.5) is 11.4 Å². The van der Waals surface area contributed by atoms with Crippen molar-refractivity contribution in [3.63, 3.8) is 0 Å². The molecule has 1 aliphatic rings. The quantitative estimate of drug-likeness (QED) is 0.425. The maximum absolute atomic E-state index is 12.7. The number of halogens is 1. The van der Waals surface area contributed by atoms with Gasteiger partial charge in [0.2, 0.25) is 0 Å². The van der Waals surface area contributed by atoms with Crippen LogP contribution in [0.2, 0.25) is 0 Å². The Balaban J connectivity index is 1.96. The minimum atomic E-state index is -0.521. The Morgan fingerprint density at radius 2 is 1.92 bits per heavy atom. The lowest BCUT2D eigenvalue weighted by molar-refractivity contribution is -0.385. The fourth-order valence-corrected chi connectivity index (χ4v) is 2.81. The van der Waals surface area contributed by atoms with Crippen molar-refractivity contribution in [2.45, 2.75) is 6.92 Å². The molecule has 0 saturated carbocycles. The summed E-state index contributed by atoms with van der Waals surface area (Å²) >= 11 is 3.35. The molecule has 7 nitrogen and oxygen atoms in total. The van der Waals surface area contributed by atoms with E-state index >= 15 is 0 Å². The van der Waals surface area contributed by atoms with Crippen LogP contribution in [-0.2, 0) is 4.79 Å². The highest BCUT2D eigenvalue weighted by molar-refractivity contribution is 9.10. The molecule has 132 valence electrons. The summed E-state index contributed by atoms with van der Waals surface area (Å²) in [5.74, 6) is -0.125. The van der Waals surface area contributed by atoms with Crippen molar-refractivity contribution in [2.24, 2.45) is 5.10 Å². The highest BCUT2D eigenvalue weighted by Gasteiger charge is 2.29. The highest BCUT2D eigenvalue weighted by Crippen LogP contribution is 2.30. The number of carbonyl (C=O) groups excluding carboxylic acids is 1. The molecule has 26 heavy (non-hydrogen) atoms. The third kappa shape index (κ3) is 3.36. The van der Waals surface area contributed by atoms with Crippen LogP contribution in [0.3, 0.4) is 0 Å². The number of nitro benzene ring substituents is 1. The topological polar surface area (TPSA) is 85.0 Å². The van der Waals surface area contributed by atoms with Crippen LogP contribution in [0, 0.1) is 10.1 Å². The fraction of sp³-hybridized carbons (Fsp3) is 0.111. The Hall–Kier alpha value is -3.00. The number of carbonyl (C=O) groups is 1. The van der Waals surface area contributed by atoms with Crippen LogP contribution >= 0.6 is 15.9 Å². The van der Waals surface area contributed by atoms with Gasteiger partial charge >= 0.3 is 5.69 Å². The van der Waals surface area contributed by atoms with E-state index in [1.54, 1.807) is 31.2 Å². The summed E-state index contributed by atoms with van der Waals surface area (Å²) in [6, 6.07) is 11.7. The average Bonchev–Trinajstić information content (AvgIpc) is 2.90. The second kappa shape index (κ2) is 7.09. The van der Waals surface area contributed by atoms with Crippen molar-refractivity contribution in [3.05, 3.63) is 68.2 Å². The van der Waals surface area contributed by atoms with Gasteiger partial charge in [0.25, 0.3) is 5.91 Å². The summed E-state index contributed by atoms with van der Waals surface area (Å²) in [5.41, 5.74) is 1.92. The smallest absolute Gasteiger partial charge is 0.311 e. The van der Waals surface area contributed by atoms with Crippen molar-refractivity contribution in [2.75, 3.05) is 12.1 Å². The minimum absolute atomic E-state index is 0.161. The molecule has 0 aromatic heterocycles. The summed E-state index contributed by atoms with van der Waals surface area (Å²) in [6.45, 7) is 1.72. The van der Waals surface area contributed by atoms with Crippen LogP contribution in [0.15, 0.2) is 57.6 Å². The Morgan fingerprint density at radius 3 is 2.54 bits per heavy atom. The predicted molar refractivity (Wildman–Crippen MR) is 102 cm³/mol. The number of amides is 1. The van der Waals surface area contributed by atoms with Gasteiger partial charge in [-0.1, -0.05) is 22.0 Å². The van der Waals surface area contributed by atoms with E-state index in [1.165, 1.54) is 24.3 Å².